The van der Waals surface area contributed by atoms with E-state index in [9.17, 15) is 9.59 Å². The summed E-state index contributed by atoms with van der Waals surface area (Å²) in [5.41, 5.74) is 1.47. The second-order valence-corrected chi connectivity index (χ2v) is 5.18. The zero-order valence-corrected chi connectivity index (χ0v) is 12.0. The zero-order chi connectivity index (χ0) is 15.2. The first kappa shape index (κ1) is 15.3. The minimum absolute atomic E-state index is 0.0401. The molecule has 1 saturated carbocycles. The summed E-state index contributed by atoms with van der Waals surface area (Å²) >= 11 is 0. The third-order valence-corrected chi connectivity index (χ3v) is 3.64. The van der Waals surface area contributed by atoms with E-state index < -0.39 is 5.97 Å². The van der Waals surface area contributed by atoms with Crippen molar-refractivity contribution in [2.24, 2.45) is 0 Å². The molecule has 0 spiro atoms. The van der Waals surface area contributed by atoms with Crippen molar-refractivity contribution in [3.05, 3.63) is 29.8 Å². The number of carboxylic acids is 1. The zero-order valence-electron chi connectivity index (χ0n) is 12.0. The molecular formula is C15H20N2O4. The number of aryl methyl sites for hydroxylation is 1. The van der Waals surface area contributed by atoms with Crippen LogP contribution in [0.5, 0.6) is 0 Å². The van der Waals surface area contributed by atoms with Crippen LogP contribution in [-0.2, 0) is 16.0 Å². The first-order valence-electron chi connectivity index (χ1n) is 6.98. The number of amides is 2. The Morgan fingerprint density at radius 2 is 2.05 bits per heavy atom. The normalized spacial score (nSPS) is 20.4. The molecule has 0 aliphatic heterocycles. The molecule has 114 valence electrons. The highest BCUT2D eigenvalue weighted by atomic mass is 16.5. The van der Waals surface area contributed by atoms with Crippen molar-refractivity contribution in [2.75, 3.05) is 12.4 Å². The first-order valence-corrected chi connectivity index (χ1v) is 6.98. The summed E-state index contributed by atoms with van der Waals surface area (Å²) in [6.45, 7) is 0. The third kappa shape index (κ3) is 4.46. The Balaban J connectivity index is 1.87. The van der Waals surface area contributed by atoms with Crippen molar-refractivity contribution in [3.8, 4) is 0 Å². The van der Waals surface area contributed by atoms with Crippen LogP contribution in [0.25, 0.3) is 0 Å². The molecule has 21 heavy (non-hydrogen) atoms. The third-order valence-electron chi connectivity index (χ3n) is 3.64. The second-order valence-electron chi connectivity index (χ2n) is 5.18. The van der Waals surface area contributed by atoms with Crippen LogP contribution in [0.15, 0.2) is 24.3 Å². The van der Waals surface area contributed by atoms with Crippen molar-refractivity contribution in [2.45, 2.75) is 37.8 Å². The Morgan fingerprint density at radius 3 is 2.71 bits per heavy atom. The summed E-state index contributed by atoms with van der Waals surface area (Å²) in [6.07, 6.45) is 2.31. The number of carbonyl (C=O) groups is 2. The number of carboxylic acid groups (broad SMARTS) is 1. The van der Waals surface area contributed by atoms with E-state index in [2.05, 4.69) is 10.6 Å². The number of nitrogens with one attached hydrogen (secondary N) is 2. The number of hydrogen-bond donors (Lipinski definition) is 3. The fourth-order valence-corrected chi connectivity index (χ4v) is 2.32. The summed E-state index contributed by atoms with van der Waals surface area (Å²) in [5.74, 6) is -0.852. The van der Waals surface area contributed by atoms with E-state index in [1.165, 1.54) is 0 Å². The van der Waals surface area contributed by atoms with Crippen molar-refractivity contribution in [3.63, 3.8) is 0 Å². The molecule has 1 fully saturated rings. The summed E-state index contributed by atoms with van der Waals surface area (Å²) in [6, 6.07) is 7.11. The molecule has 6 heteroatoms. The lowest BCUT2D eigenvalue weighted by molar-refractivity contribution is -0.136. The van der Waals surface area contributed by atoms with Crippen molar-refractivity contribution in [1.29, 1.82) is 0 Å². The number of carbonyl (C=O) groups excluding carboxylic acids is 1. The SMILES string of the molecule is COC1CC(NC(=O)Nc2ccccc2CCC(=O)O)C1. The predicted octanol–water partition coefficient (Wildman–Crippen LogP) is 2.00. The Kier molecular flexibility index (Phi) is 5.16. The van der Waals surface area contributed by atoms with E-state index >= 15 is 0 Å². The first-order chi connectivity index (χ1) is 10.1. The monoisotopic (exact) mass is 292 g/mol. The molecule has 0 aromatic heterocycles. The van der Waals surface area contributed by atoms with Gasteiger partial charge in [-0.05, 0) is 30.9 Å². The van der Waals surface area contributed by atoms with E-state index in [1.807, 2.05) is 18.2 Å². The number of aliphatic carboxylic acids is 1. The van der Waals surface area contributed by atoms with E-state index in [0.29, 0.717) is 12.1 Å². The maximum atomic E-state index is 11.9. The number of urea groups is 1. The van der Waals surface area contributed by atoms with Crippen LogP contribution in [0.2, 0.25) is 0 Å². The van der Waals surface area contributed by atoms with Crippen molar-refractivity contribution < 1.29 is 19.4 Å². The molecule has 1 aliphatic carbocycles. The second kappa shape index (κ2) is 7.08. The summed E-state index contributed by atoms with van der Waals surface area (Å²) in [7, 11) is 1.67. The highest BCUT2D eigenvalue weighted by molar-refractivity contribution is 5.90. The smallest absolute Gasteiger partial charge is 0.319 e. The van der Waals surface area contributed by atoms with Gasteiger partial charge in [-0.3, -0.25) is 4.79 Å². The number of rotatable bonds is 6. The van der Waals surface area contributed by atoms with E-state index in [0.717, 1.165) is 18.4 Å². The Bertz CT molecular complexity index is 512. The van der Waals surface area contributed by atoms with Gasteiger partial charge < -0.3 is 20.5 Å². The van der Waals surface area contributed by atoms with Crippen molar-refractivity contribution in [1.82, 2.24) is 5.32 Å². The molecule has 0 saturated heterocycles. The summed E-state index contributed by atoms with van der Waals surface area (Å²) < 4.78 is 5.16. The molecular weight excluding hydrogens is 272 g/mol. The summed E-state index contributed by atoms with van der Waals surface area (Å²) in [4.78, 5) is 22.6. The standard InChI is InChI=1S/C15H20N2O4/c1-21-12-8-11(9-12)16-15(20)17-13-5-3-2-4-10(13)6-7-14(18)19/h2-5,11-12H,6-9H2,1H3,(H,18,19)(H2,16,17,20). The van der Waals surface area contributed by atoms with Crippen LogP contribution in [-0.4, -0.2) is 36.4 Å². The molecule has 3 N–H and O–H groups in total. The number of para-hydroxylation sites is 1. The van der Waals surface area contributed by atoms with E-state index in [1.54, 1.807) is 13.2 Å². The highest BCUT2D eigenvalue weighted by Crippen LogP contribution is 2.23. The van der Waals surface area contributed by atoms with Crippen molar-refractivity contribution >= 4 is 17.7 Å². The average Bonchev–Trinajstić information content (AvgIpc) is 2.41. The molecule has 1 aromatic carbocycles. The van der Waals surface area contributed by atoms with Gasteiger partial charge in [-0.15, -0.1) is 0 Å². The van der Waals surface area contributed by atoms with Gasteiger partial charge in [0.05, 0.1) is 6.10 Å². The van der Waals surface area contributed by atoms with E-state index in [-0.39, 0.29) is 24.6 Å². The Hall–Kier alpha value is -2.08. The summed E-state index contributed by atoms with van der Waals surface area (Å²) in [5, 5.41) is 14.4. The van der Waals surface area contributed by atoms with Gasteiger partial charge in [-0.2, -0.15) is 0 Å². The maximum absolute atomic E-state index is 11.9. The molecule has 0 radical (unpaired) electrons. The van der Waals surface area contributed by atoms with Gasteiger partial charge in [0, 0.05) is 25.3 Å². The van der Waals surface area contributed by atoms with Crippen LogP contribution in [0.1, 0.15) is 24.8 Å². The van der Waals surface area contributed by atoms with Crippen LogP contribution in [0.3, 0.4) is 0 Å². The number of benzene rings is 1. The van der Waals surface area contributed by atoms with Crippen LogP contribution in [0, 0.1) is 0 Å². The molecule has 2 rings (SSSR count). The number of anilines is 1. The molecule has 1 aromatic rings. The lowest BCUT2D eigenvalue weighted by Gasteiger charge is -2.34. The minimum Gasteiger partial charge on any atom is -0.481 e. The molecule has 0 atom stereocenters. The van der Waals surface area contributed by atoms with E-state index in [4.69, 9.17) is 9.84 Å². The van der Waals surface area contributed by atoms with Gasteiger partial charge in [0.15, 0.2) is 0 Å². The number of methoxy groups -OCH3 is 1. The van der Waals surface area contributed by atoms with Crippen LogP contribution < -0.4 is 10.6 Å². The molecule has 0 bridgehead atoms. The Labute approximate surface area is 123 Å². The average molecular weight is 292 g/mol. The fourth-order valence-electron chi connectivity index (χ4n) is 2.32. The van der Waals surface area contributed by atoms with Gasteiger partial charge in [0.2, 0.25) is 0 Å². The number of hydrogen-bond acceptors (Lipinski definition) is 3. The van der Waals surface area contributed by atoms with Gasteiger partial charge in [0.1, 0.15) is 0 Å². The quantitative estimate of drug-likeness (QED) is 0.748. The van der Waals surface area contributed by atoms with Gasteiger partial charge in [0.25, 0.3) is 0 Å². The van der Waals surface area contributed by atoms with Gasteiger partial charge in [-0.1, -0.05) is 18.2 Å². The lowest BCUT2D eigenvalue weighted by atomic mass is 9.89. The topological polar surface area (TPSA) is 87.7 Å². The maximum Gasteiger partial charge on any atom is 0.319 e. The van der Waals surface area contributed by atoms with Crippen LogP contribution in [0.4, 0.5) is 10.5 Å². The highest BCUT2D eigenvalue weighted by Gasteiger charge is 2.30. The molecule has 0 unspecified atom stereocenters. The molecule has 1 aliphatic rings. The molecule has 2 amide bonds. The lowest BCUT2D eigenvalue weighted by Crippen LogP contribution is -2.48. The largest absolute Gasteiger partial charge is 0.481 e. The predicted molar refractivity (Wildman–Crippen MR) is 78.4 cm³/mol. The molecule has 0 heterocycles. The van der Waals surface area contributed by atoms with Crippen LogP contribution >= 0.6 is 0 Å². The number of ether oxygens (including phenoxy) is 1. The minimum atomic E-state index is -0.852. The van der Waals surface area contributed by atoms with Gasteiger partial charge >= 0.3 is 12.0 Å². The van der Waals surface area contributed by atoms with Gasteiger partial charge in [-0.25, -0.2) is 4.79 Å². The fraction of sp³-hybridized carbons (Fsp3) is 0.467. The molecule has 6 nitrogen and oxygen atoms in total. The Morgan fingerprint density at radius 1 is 1.33 bits per heavy atom.